The minimum absolute atomic E-state index is 0.0461. The Morgan fingerprint density at radius 2 is 2.05 bits per heavy atom. The van der Waals surface area contributed by atoms with E-state index in [2.05, 4.69) is 5.32 Å². The van der Waals surface area contributed by atoms with Crippen LogP contribution < -0.4 is 10.1 Å². The van der Waals surface area contributed by atoms with Gasteiger partial charge in [-0.1, -0.05) is 18.2 Å². The first-order valence-corrected chi connectivity index (χ1v) is 6.48. The Labute approximate surface area is 121 Å². The van der Waals surface area contributed by atoms with Gasteiger partial charge in [-0.05, 0) is 23.8 Å². The quantitative estimate of drug-likeness (QED) is 0.870. The minimum atomic E-state index is -0.634. The summed E-state index contributed by atoms with van der Waals surface area (Å²) in [6.45, 7) is 0. The van der Waals surface area contributed by atoms with Crippen LogP contribution in [0.3, 0.4) is 0 Å². The molecule has 0 heterocycles. The lowest BCUT2D eigenvalue weighted by Gasteiger charge is -2.10. The van der Waals surface area contributed by atoms with Crippen LogP contribution in [0.4, 0.5) is 10.1 Å². The first-order valence-electron chi connectivity index (χ1n) is 5.94. The topological polar surface area (TPSA) is 38.3 Å². The Bertz CT molecular complexity index is 631. The fourth-order valence-electron chi connectivity index (χ4n) is 1.76. The molecule has 5 heteroatoms. The number of methoxy groups -OCH3 is 1. The van der Waals surface area contributed by atoms with Gasteiger partial charge in [0.05, 0.1) is 12.7 Å². The molecule has 0 radical (unpaired) electrons. The van der Waals surface area contributed by atoms with E-state index in [-0.39, 0.29) is 11.4 Å². The van der Waals surface area contributed by atoms with Crippen molar-refractivity contribution >= 4 is 23.2 Å². The van der Waals surface area contributed by atoms with Crippen LogP contribution >= 0.6 is 11.6 Å². The van der Waals surface area contributed by atoms with Gasteiger partial charge in [0.1, 0.15) is 11.6 Å². The number of anilines is 1. The molecular weight excluding hydrogens is 281 g/mol. The third kappa shape index (κ3) is 3.08. The molecule has 20 heavy (non-hydrogen) atoms. The lowest BCUT2D eigenvalue weighted by atomic mass is 10.1. The Morgan fingerprint density at radius 1 is 1.30 bits per heavy atom. The molecule has 0 aromatic heterocycles. The molecule has 0 atom stereocenters. The number of rotatable bonds is 4. The minimum Gasteiger partial charge on any atom is -0.497 e. The van der Waals surface area contributed by atoms with Crippen LogP contribution in [0, 0.1) is 5.82 Å². The average molecular weight is 294 g/mol. The van der Waals surface area contributed by atoms with Crippen LogP contribution in [0.5, 0.6) is 5.75 Å². The van der Waals surface area contributed by atoms with Gasteiger partial charge in [-0.25, -0.2) is 4.39 Å². The Morgan fingerprint density at radius 3 is 2.70 bits per heavy atom. The highest BCUT2D eigenvalue weighted by Crippen LogP contribution is 2.20. The number of hydrogen-bond donors (Lipinski definition) is 1. The molecule has 0 saturated carbocycles. The zero-order valence-electron chi connectivity index (χ0n) is 10.8. The second kappa shape index (κ2) is 6.39. The first-order chi connectivity index (χ1) is 9.65. The number of hydrogen-bond acceptors (Lipinski definition) is 2. The van der Waals surface area contributed by atoms with Crippen molar-refractivity contribution in [2.75, 3.05) is 12.4 Å². The van der Waals surface area contributed by atoms with E-state index >= 15 is 0 Å². The van der Waals surface area contributed by atoms with Crippen molar-refractivity contribution in [3.8, 4) is 5.75 Å². The standard InChI is InChI=1S/C15H13ClFNO2/c1-20-11-6-7-12(13(17)8-11)15(19)18-14-5-3-2-4-10(14)9-16/h2-8H,9H2,1H3,(H,18,19). The van der Waals surface area contributed by atoms with E-state index in [4.69, 9.17) is 16.3 Å². The summed E-state index contributed by atoms with van der Waals surface area (Å²) < 4.78 is 18.7. The summed E-state index contributed by atoms with van der Waals surface area (Å²) in [6, 6.07) is 11.2. The summed E-state index contributed by atoms with van der Waals surface area (Å²) >= 11 is 5.79. The van der Waals surface area contributed by atoms with E-state index in [1.807, 2.05) is 6.07 Å². The molecule has 1 N–H and O–H groups in total. The number of alkyl halides is 1. The largest absolute Gasteiger partial charge is 0.497 e. The molecule has 0 aliphatic rings. The summed E-state index contributed by atoms with van der Waals surface area (Å²) in [5.74, 6) is -0.533. The highest BCUT2D eigenvalue weighted by molar-refractivity contribution is 6.17. The van der Waals surface area contributed by atoms with Gasteiger partial charge in [0.15, 0.2) is 0 Å². The zero-order chi connectivity index (χ0) is 14.5. The highest BCUT2D eigenvalue weighted by Gasteiger charge is 2.14. The van der Waals surface area contributed by atoms with E-state index in [1.165, 1.54) is 25.3 Å². The second-order valence-electron chi connectivity index (χ2n) is 4.09. The van der Waals surface area contributed by atoms with E-state index in [9.17, 15) is 9.18 Å². The molecule has 104 valence electrons. The van der Waals surface area contributed by atoms with Gasteiger partial charge in [0, 0.05) is 17.6 Å². The Balaban J connectivity index is 2.24. The van der Waals surface area contributed by atoms with Gasteiger partial charge in [-0.15, -0.1) is 11.6 Å². The Hall–Kier alpha value is -2.07. The summed E-state index contributed by atoms with van der Waals surface area (Å²) in [4.78, 5) is 12.1. The zero-order valence-corrected chi connectivity index (χ0v) is 11.6. The fourth-order valence-corrected chi connectivity index (χ4v) is 1.99. The van der Waals surface area contributed by atoms with Crippen molar-refractivity contribution < 1.29 is 13.9 Å². The van der Waals surface area contributed by atoms with Gasteiger partial charge in [0.2, 0.25) is 0 Å². The summed E-state index contributed by atoms with van der Waals surface area (Å²) in [5.41, 5.74) is 1.30. The number of benzene rings is 2. The van der Waals surface area contributed by atoms with Gasteiger partial charge < -0.3 is 10.1 Å². The number of halogens is 2. The van der Waals surface area contributed by atoms with Crippen molar-refractivity contribution in [1.29, 1.82) is 0 Å². The van der Waals surface area contributed by atoms with Crippen molar-refractivity contribution in [3.05, 3.63) is 59.4 Å². The molecule has 0 saturated heterocycles. The van der Waals surface area contributed by atoms with Gasteiger partial charge in [-0.2, -0.15) is 0 Å². The van der Waals surface area contributed by atoms with Crippen LogP contribution in [0.2, 0.25) is 0 Å². The molecule has 0 spiro atoms. The van der Waals surface area contributed by atoms with Gasteiger partial charge >= 0.3 is 0 Å². The highest BCUT2D eigenvalue weighted by atomic mass is 35.5. The molecule has 0 aliphatic heterocycles. The first kappa shape index (κ1) is 14.3. The monoisotopic (exact) mass is 293 g/mol. The van der Waals surface area contributed by atoms with E-state index in [1.54, 1.807) is 18.2 Å². The van der Waals surface area contributed by atoms with Gasteiger partial charge in [0.25, 0.3) is 5.91 Å². The smallest absolute Gasteiger partial charge is 0.258 e. The van der Waals surface area contributed by atoms with Crippen LogP contribution in [-0.2, 0) is 5.88 Å². The van der Waals surface area contributed by atoms with E-state index in [0.29, 0.717) is 11.4 Å². The molecule has 2 rings (SSSR count). The van der Waals surface area contributed by atoms with Gasteiger partial charge in [-0.3, -0.25) is 4.79 Å². The number of para-hydroxylation sites is 1. The van der Waals surface area contributed by atoms with E-state index < -0.39 is 11.7 Å². The summed E-state index contributed by atoms with van der Waals surface area (Å²) in [6.07, 6.45) is 0. The molecule has 2 aromatic rings. The lowest BCUT2D eigenvalue weighted by Crippen LogP contribution is -2.14. The maximum absolute atomic E-state index is 13.8. The lowest BCUT2D eigenvalue weighted by molar-refractivity contribution is 0.102. The van der Waals surface area contributed by atoms with Crippen LogP contribution in [0.15, 0.2) is 42.5 Å². The molecule has 2 aromatic carbocycles. The predicted octanol–water partition coefficient (Wildman–Crippen LogP) is 3.83. The normalized spacial score (nSPS) is 10.2. The van der Waals surface area contributed by atoms with Crippen LogP contribution in [-0.4, -0.2) is 13.0 Å². The number of carbonyl (C=O) groups is 1. The number of ether oxygens (including phenoxy) is 1. The summed E-state index contributed by atoms with van der Waals surface area (Å²) in [7, 11) is 1.44. The fraction of sp³-hybridized carbons (Fsp3) is 0.133. The number of amides is 1. The van der Waals surface area contributed by atoms with Crippen molar-refractivity contribution in [1.82, 2.24) is 0 Å². The predicted molar refractivity (Wildman–Crippen MR) is 76.9 cm³/mol. The molecule has 3 nitrogen and oxygen atoms in total. The van der Waals surface area contributed by atoms with Crippen molar-refractivity contribution in [2.24, 2.45) is 0 Å². The van der Waals surface area contributed by atoms with E-state index in [0.717, 1.165) is 5.56 Å². The molecular formula is C15H13ClFNO2. The van der Waals surface area contributed by atoms with Crippen LogP contribution in [0.1, 0.15) is 15.9 Å². The third-order valence-electron chi connectivity index (χ3n) is 2.83. The maximum atomic E-state index is 13.8. The second-order valence-corrected chi connectivity index (χ2v) is 4.36. The number of nitrogens with one attached hydrogen (secondary N) is 1. The molecule has 0 aliphatic carbocycles. The van der Waals surface area contributed by atoms with Crippen LogP contribution in [0.25, 0.3) is 0 Å². The molecule has 0 unspecified atom stereocenters. The Kier molecular flexibility index (Phi) is 4.58. The number of carbonyl (C=O) groups excluding carboxylic acids is 1. The third-order valence-corrected chi connectivity index (χ3v) is 3.12. The molecule has 0 fully saturated rings. The summed E-state index contributed by atoms with van der Waals surface area (Å²) in [5, 5.41) is 2.65. The van der Waals surface area contributed by atoms with Crippen molar-refractivity contribution in [3.63, 3.8) is 0 Å². The molecule has 1 amide bonds. The molecule has 0 bridgehead atoms. The SMILES string of the molecule is COc1ccc(C(=O)Nc2ccccc2CCl)c(F)c1. The van der Waals surface area contributed by atoms with Crippen molar-refractivity contribution in [2.45, 2.75) is 5.88 Å². The maximum Gasteiger partial charge on any atom is 0.258 e. The average Bonchev–Trinajstić information content (AvgIpc) is 2.47.